The molecule has 0 spiro atoms. The number of rotatable bonds is 6. The fraction of sp³-hybridized carbons (Fsp3) is 0.364. The van der Waals surface area contributed by atoms with Gasteiger partial charge in [0.1, 0.15) is 0 Å². The lowest BCUT2D eigenvalue weighted by Crippen LogP contribution is -2.22. The Kier molecular flexibility index (Phi) is 4.35. The van der Waals surface area contributed by atoms with Crippen LogP contribution in [0.3, 0.4) is 0 Å². The third-order valence-corrected chi connectivity index (χ3v) is 4.89. The van der Waals surface area contributed by atoms with Gasteiger partial charge in [0.25, 0.3) is 0 Å². The van der Waals surface area contributed by atoms with Crippen LogP contribution in [-0.4, -0.2) is 18.0 Å². The molecular weight excluding hydrogens is 284 g/mol. The lowest BCUT2D eigenvalue weighted by Gasteiger charge is -2.03. The van der Waals surface area contributed by atoms with Crippen molar-refractivity contribution in [2.75, 3.05) is 0 Å². The SMILES string of the molecule is CCn1cc(S(=O)(=O)NCc2cncs2)cc1CN. The summed E-state index contributed by atoms with van der Waals surface area (Å²) >= 11 is 1.41. The summed E-state index contributed by atoms with van der Waals surface area (Å²) < 4.78 is 28.7. The van der Waals surface area contributed by atoms with Crippen molar-refractivity contribution in [3.8, 4) is 0 Å². The Labute approximate surface area is 116 Å². The van der Waals surface area contributed by atoms with Gasteiger partial charge < -0.3 is 10.3 Å². The second-order valence-corrected chi connectivity index (χ2v) is 6.69. The quantitative estimate of drug-likeness (QED) is 0.829. The van der Waals surface area contributed by atoms with Crippen LogP contribution < -0.4 is 10.5 Å². The molecule has 0 saturated carbocycles. The topological polar surface area (TPSA) is 90.0 Å². The predicted molar refractivity (Wildman–Crippen MR) is 74.1 cm³/mol. The van der Waals surface area contributed by atoms with Gasteiger partial charge in [-0.05, 0) is 13.0 Å². The number of aryl methyl sites for hydroxylation is 1. The Morgan fingerprint density at radius 1 is 1.53 bits per heavy atom. The number of hydrogen-bond acceptors (Lipinski definition) is 5. The Morgan fingerprint density at radius 2 is 2.32 bits per heavy atom. The molecule has 2 rings (SSSR count). The van der Waals surface area contributed by atoms with Crippen molar-refractivity contribution in [3.05, 3.63) is 34.5 Å². The molecule has 104 valence electrons. The van der Waals surface area contributed by atoms with E-state index in [1.807, 2.05) is 11.5 Å². The molecule has 2 heterocycles. The van der Waals surface area contributed by atoms with E-state index >= 15 is 0 Å². The Morgan fingerprint density at radius 3 is 2.84 bits per heavy atom. The van der Waals surface area contributed by atoms with Crippen LogP contribution in [0.5, 0.6) is 0 Å². The molecule has 8 heteroatoms. The van der Waals surface area contributed by atoms with Crippen molar-refractivity contribution in [2.24, 2.45) is 5.73 Å². The van der Waals surface area contributed by atoms with E-state index in [1.165, 1.54) is 11.3 Å². The zero-order valence-electron chi connectivity index (χ0n) is 10.5. The lowest BCUT2D eigenvalue weighted by atomic mass is 10.4. The summed E-state index contributed by atoms with van der Waals surface area (Å²) in [7, 11) is -3.51. The van der Waals surface area contributed by atoms with Crippen LogP contribution in [0.2, 0.25) is 0 Å². The predicted octanol–water partition coefficient (Wildman–Crippen LogP) is 0.902. The molecule has 19 heavy (non-hydrogen) atoms. The second-order valence-electron chi connectivity index (χ2n) is 3.95. The Bertz CT molecular complexity index is 610. The number of nitrogens with zero attached hydrogens (tertiary/aromatic N) is 2. The van der Waals surface area contributed by atoms with Crippen LogP contribution in [0.4, 0.5) is 0 Å². The van der Waals surface area contributed by atoms with Gasteiger partial charge in [-0.15, -0.1) is 11.3 Å². The second kappa shape index (κ2) is 5.83. The number of hydrogen-bond donors (Lipinski definition) is 2. The third-order valence-electron chi connectivity index (χ3n) is 2.74. The minimum atomic E-state index is -3.51. The summed E-state index contributed by atoms with van der Waals surface area (Å²) in [6, 6.07) is 1.61. The zero-order chi connectivity index (χ0) is 13.9. The van der Waals surface area contributed by atoms with E-state index in [9.17, 15) is 8.42 Å². The van der Waals surface area contributed by atoms with E-state index in [1.54, 1.807) is 24.0 Å². The molecule has 3 N–H and O–H groups in total. The molecule has 0 aromatic carbocycles. The number of nitrogens with two attached hydrogens (primary N) is 1. The van der Waals surface area contributed by atoms with Crippen LogP contribution in [0.25, 0.3) is 0 Å². The van der Waals surface area contributed by atoms with E-state index in [-0.39, 0.29) is 11.4 Å². The highest BCUT2D eigenvalue weighted by atomic mass is 32.2. The van der Waals surface area contributed by atoms with Gasteiger partial charge in [-0.3, -0.25) is 4.98 Å². The molecule has 0 amide bonds. The molecule has 0 bridgehead atoms. The first kappa shape index (κ1) is 14.2. The summed E-state index contributed by atoms with van der Waals surface area (Å²) in [5.74, 6) is 0. The largest absolute Gasteiger partial charge is 0.349 e. The van der Waals surface area contributed by atoms with E-state index in [0.717, 1.165) is 10.6 Å². The first-order valence-corrected chi connectivity index (χ1v) is 8.19. The van der Waals surface area contributed by atoms with E-state index in [0.29, 0.717) is 13.1 Å². The fourth-order valence-corrected chi connectivity index (χ4v) is 3.41. The molecular formula is C11H16N4O2S2. The van der Waals surface area contributed by atoms with Crippen LogP contribution in [-0.2, 0) is 29.7 Å². The number of thiazole rings is 1. The van der Waals surface area contributed by atoms with Crippen LogP contribution in [0, 0.1) is 0 Å². The highest BCUT2D eigenvalue weighted by Gasteiger charge is 2.17. The Balaban J connectivity index is 2.17. The van der Waals surface area contributed by atoms with Crippen molar-refractivity contribution in [3.63, 3.8) is 0 Å². The molecule has 6 nitrogen and oxygen atoms in total. The highest BCUT2D eigenvalue weighted by molar-refractivity contribution is 7.89. The van der Waals surface area contributed by atoms with Crippen molar-refractivity contribution in [1.82, 2.24) is 14.3 Å². The van der Waals surface area contributed by atoms with Crippen LogP contribution in [0.1, 0.15) is 17.5 Å². The maximum atomic E-state index is 12.1. The summed E-state index contributed by atoms with van der Waals surface area (Å²) in [5, 5.41) is 0. The maximum Gasteiger partial charge on any atom is 0.242 e. The average Bonchev–Trinajstić information content (AvgIpc) is 3.05. The molecule has 0 aliphatic carbocycles. The van der Waals surface area contributed by atoms with Crippen LogP contribution >= 0.6 is 11.3 Å². The number of sulfonamides is 1. The zero-order valence-corrected chi connectivity index (χ0v) is 12.2. The molecule has 0 atom stereocenters. The molecule has 0 aliphatic heterocycles. The van der Waals surface area contributed by atoms with E-state index in [2.05, 4.69) is 9.71 Å². The van der Waals surface area contributed by atoms with Crippen LogP contribution in [0.15, 0.2) is 28.9 Å². The van der Waals surface area contributed by atoms with Gasteiger partial charge in [0.05, 0.1) is 10.4 Å². The minimum Gasteiger partial charge on any atom is -0.349 e. The molecule has 0 aliphatic rings. The highest BCUT2D eigenvalue weighted by Crippen LogP contribution is 2.15. The third kappa shape index (κ3) is 3.21. The van der Waals surface area contributed by atoms with Crippen molar-refractivity contribution >= 4 is 21.4 Å². The standard InChI is InChI=1S/C11H16N4O2S2/c1-2-15-7-11(3-9(15)4-12)19(16,17)14-6-10-5-13-8-18-10/h3,5,7-8,14H,2,4,6,12H2,1H3. The Hall–Kier alpha value is -1.22. The summed E-state index contributed by atoms with van der Waals surface area (Å²) in [6.45, 7) is 3.21. The molecule has 0 unspecified atom stereocenters. The van der Waals surface area contributed by atoms with Gasteiger partial charge in [0, 0.05) is 42.6 Å². The molecule has 2 aromatic rings. The van der Waals surface area contributed by atoms with E-state index < -0.39 is 10.0 Å². The molecule has 2 aromatic heterocycles. The molecule has 0 fully saturated rings. The fourth-order valence-electron chi connectivity index (χ4n) is 1.72. The first-order valence-electron chi connectivity index (χ1n) is 5.83. The smallest absolute Gasteiger partial charge is 0.242 e. The van der Waals surface area contributed by atoms with E-state index in [4.69, 9.17) is 5.73 Å². The molecule has 0 radical (unpaired) electrons. The summed E-state index contributed by atoms with van der Waals surface area (Å²) in [5.41, 5.74) is 8.07. The number of aromatic nitrogens is 2. The first-order chi connectivity index (χ1) is 9.06. The van der Waals surface area contributed by atoms with Gasteiger partial charge in [0.2, 0.25) is 10.0 Å². The summed E-state index contributed by atoms with van der Waals surface area (Å²) in [6.07, 6.45) is 3.26. The molecule has 0 saturated heterocycles. The van der Waals surface area contributed by atoms with Gasteiger partial charge >= 0.3 is 0 Å². The normalized spacial score (nSPS) is 11.9. The summed E-state index contributed by atoms with van der Waals surface area (Å²) in [4.78, 5) is 5.03. The van der Waals surface area contributed by atoms with Crippen molar-refractivity contribution in [2.45, 2.75) is 31.5 Å². The average molecular weight is 300 g/mol. The minimum absolute atomic E-state index is 0.249. The number of nitrogens with one attached hydrogen (secondary N) is 1. The van der Waals surface area contributed by atoms with Gasteiger partial charge in [-0.1, -0.05) is 0 Å². The van der Waals surface area contributed by atoms with Gasteiger partial charge in [-0.2, -0.15) is 0 Å². The van der Waals surface area contributed by atoms with Crippen molar-refractivity contribution < 1.29 is 8.42 Å². The lowest BCUT2D eigenvalue weighted by molar-refractivity contribution is 0.581. The maximum absolute atomic E-state index is 12.1. The van der Waals surface area contributed by atoms with Gasteiger partial charge in [0.15, 0.2) is 0 Å². The van der Waals surface area contributed by atoms with Gasteiger partial charge in [-0.25, -0.2) is 13.1 Å². The monoisotopic (exact) mass is 300 g/mol. The van der Waals surface area contributed by atoms with Crippen molar-refractivity contribution in [1.29, 1.82) is 0 Å².